The van der Waals surface area contributed by atoms with Gasteiger partial charge in [-0.05, 0) is 26.1 Å². The fourth-order valence-corrected chi connectivity index (χ4v) is 2.82. The highest BCUT2D eigenvalue weighted by Gasteiger charge is 2.21. The molecule has 0 bridgehead atoms. The Morgan fingerprint density at radius 2 is 2.10 bits per heavy atom. The Morgan fingerprint density at radius 3 is 2.60 bits per heavy atom. The van der Waals surface area contributed by atoms with E-state index in [0.29, 0.717) is 22.0 Å². The van der Waals surface area contributed by atoms with Gasteiger partial charge in [0.15, 0.2) is 0 Å². The summed E-state index contributed by atoms with van der Waals surface area (Å²) in [4.78, 5) is 0. The maximum atomic E-state index is 14.0. The number of aryl methyl sites for hydroxylation is 2. The van der Waals surface area contributed by atoms with Crippen LogP contribution < -0.4 is 5.32 Å². The third-order valence-electron chi connectivity index (χ3n) is 3.36. The van der Waals surface area contributed by atoms with Crippen molar-refractivity contribution in [1.29, 1.82) is 0 Å². The number of hydrogen-bond acceptors (Lipinski definition) is 2. The summed E-state index contributed by atoms with van der Waals surface area (Å²) in [6.07, 6.45) is 0.507. The summed E-state index contributed by atoms with van der Waals surface area (Å²) in [6.45, 7) is 1.84. The van der Waals surface area contributed by atoms with Crippen LogP contribution in [0.5, 0.6) is 0 Å². The molecule has 20 heavy (non-hydrogen) atoms. The van der Waals surface area contributed by atoms with Crippen LogP contribution in [0.25, 0.3) is 0 Å². The van der Waals surface area contributed by atoms with Crippen molar-refractivity contribution in [3.8, 4) is 0 Å². The molecule has 1 heterocycles. The minimum absolute atomic E-state index is 0.268. The summed E-state index contributed by atoms with van der Waals surface area (Å²) in [5.74, 6) is -0.327. The van der Waals surface area contributed by atoms with Crippen molar-refractivity contribution in [1.82, 2.24) is 15.1 Å². The Hall–Kier alpha value is -1.10. The van der Waals surface area contributed by atoms with Gasteiger partial charge in [0.1, 0.15) is 5.82 Å². The van der Waals surface area contributed by atoms with Gasteiger partial charge >= 0.3 is 0 Å². The van der Waals surface area contributed by atoms with Crippen molar-refractivity contribution in [2.75, 3.05) is 7.05 Å². The highest BCUT2D eigenvalue weighted by atomic mass is 35.5. The molecule has 6 heteroatoms. The van der Waals surface area contributed by atoms with Gasteiger partial charge < -0.3 is 5.32 Å². The summed E-state index contributed by atoms with van der Waals surface area (Å²) in [6, 6.07) is 4.41. The zero-order valence-electron chi connectivity index (χ0n) is 11.5. The molecule has 0 saturated heterocycles. The van der Waals surface area contributed by atoms with Gasteiger partial charge in [0.25, 0.3) is 0 Å². The molecule has 0 spiro atoms. The Bertz CT molecular complexity index is 605. The fourth-order valence-electron chi connectivity index (χ4n) is 2.29. The molecule has 2 rings (SSSR count). The number of likely N-dealkylation sites (N-methyl/N-ethyl adjacent to an activating group) is 1. The van der Waals surface area contributed by atoms with Crippen molar-refractivity contribution >= 4 is 23.2 Å². The summed E-state index contributed by atoms with van der Waals surface area (Å²) >= 11 is 12.4. The van der Waals surface area contributed by atoms with Gasteiger partial charge in [0.05, 0.1) is 16.4 Å². The predicted molar refractivity (Wildman–Crippen MR) is 79.9 cm³/mol. The molecule has 0 aliphatic rings. The lowest BCUT2D eigenvalue weighted by atomic mass is 10.0. The van der Waals surface area contributed by atoms with Gasteiger partial charge in [-0.2, -0.15) is 5.10 Å². The van der Waals surface area contributed by atoms with Crippen molar-refractivity contribution < 1.29 is 4.39 Å². The number of halogens is 3. The lowest BCUT2D eigenvalue weighted by molar-refractivity contribution is 0.520. The molecule has 1 atom stereocenters. The van der Waals surface area contributed by atoms with Crippen molar-refractivity contribution in [2.45, 2.75) is 19.4 Å². The minimum Gasteiger partial charge on any atom is -0.313 e. The molecule has 2 aromatic rings. The smallest absolute Gasteiger partial charge is 0.129 e. The third kappa shape index (κ3) is 2.82. The van der Waals surface area contributed by atoms with E-state index in [2.05, 4.69) is 10.4 Å². The van der Waals surface area contributed by atoms with Crippen LogP contribution in [-0.4, -0.2) is 16.8 Å². The first-order chi connectivity index (χ1) is 9.45. The molecule has 0 radical (unpaired) electrons. The number of nitrogens with one attached hydrogen (secondary N) is 1. The normalized spacial score (nSPS) is 12.7. The number of hydrogen-bond donors (Lipinski definition) is 1. The van der Waals surface area contributed by atoms with Gasteiger partial charge in [-0.3, -0.25) is 4.68 Å². The monoisotopic (exact) mass is 315 g/mol. The van der Waals surface area contributed by atoms with Gasteiger partial charge in [0, 0.05) is 30.1 Å². The van der Waals surface area contributed by atoms with Gasteiger partial charge in [0.2, 0.25) is 0 Å². The van der Waals surface area contributed by atoms with Crippen molar-refractivity contribution in [3.05, 3.63) is 51.0 Å². The molecule has 1 aromatic heterocycles. The zero-order valence-corrected chi connectivity index (χ0v) is 13.1. The van der Waals surface area contributed by atoms with Gasteiger partial charge in [-0.15, -0.1) is 0 Å². The van der Waals surface area contributed by atoms with Crippen LogP contribution in [0.3, 0.4) is 0 Å². The van der Waals surface area contributed by atoms with E-state index in [1.54, 1.807) is 23.9 Å². The summed E-state index contributed by atoms with van der Waals surface area (Å²) in [7, 11) is 3.59. The number of rotatable bonds is 4. The van der Waals surface area contributed by atoms with Crippen LogP contribution in [0.1, 0.15) is 23.0 Å². The number of benzene rings is 1. The highest BCUT2D eigenvalue weighted by molar-refractivity contribution is 6.32. The Balaban J connectivity index is 2.39. The van der Waals surface area contributed by atoms with Crippen molar-refractivity contribution in [3.63, 3.8) is 0 Å². The van der Waals surface area contributed by atoms with Crippen LogP contribution >= 0.6 is 23.2 Å². The molecule has 3 nitrogen and oxygen atoms in total. The topological polar surface area (TPSA) is 29.9 Å². The predicted octanol–water partition coefficient (Wildman–Crippen LogP) is 3.68. The lowest BCUT2D eigenvalue weighted by Crippen LogP contribution is -2.22. The molecular formula is C14H16Cl2FN3. The third-order valence-corrected chi connectivity index (χ3v) is 4.18. The first kappa shape index (κ1) is 15.3. The molecule has 0 fully saturated rings. The fraction of sp³-hybridized carbons (Fsp3) is 0.357. The zero-order chi connectivity index (χ0) is 14.9. The van der Waals surface area contributed by atoms with Crippen LogP contribution in [0.2, 0.25) is 10.0 Å². The molecule has 108 valence electrons. The average molecular weight is 316 g/mol. The van der Waals surface area contributed by atoms with Gasteiger partial charge in [-0.1, -0.05) is 29.3 Å². The largest absolute Gasteiger partial charge is 0.313 e. The van der Waals surface area contributed by atoms with Crippen LogP contribution in [-0.2, 0) is 13.5 Å². The molecule has 1 aromatic carbocycles. The van der Waals surface area contributed by atoms with E-state index in [0.717, 1.165) is 11.4 Å². The van der Waals surface area contributed by atoms with Crippen LogP contribution in [0.4, 0.5) is 4.39 Å². The van der Waals surface area contributed by atoms with Crippen molar-refractivity contribution in [2.24, 2.45) is 7.05 Å². The molecule has 0 saturated carbocycles. The van der Waals surface area contributed by atoms with E-state index in [1.807, 2.05) is 14.0 Å². The first-order valence-corrected chi connectivity index (χ1v) is 7.00. The maximum Gasteiger partial charge on any atom is 0.129 e. The van der Waals surface area contributed by atoms with E-state index < -0.39 is 0 Å². The van der Waals surface area contributed by atoms with Crippen LogP contribution in [0.15, 0.2) is 18.2 Å². The Morgan fingerprint density at radius 1 is 1.40 bits per heavy atom. The highest BCUT2D eigenvalue weighted by Crippen LogP contribution is 2.30. The standard InChI is InChI=1S/C14H16Cl2FN3/c1-8-14(16)12(20(3)19-8)7-11(18-2)13-9(15)5-4-6-10(13)17/h4-6,11,18H,7H2,1-3H3. The lowest BCUT2D eigenvalue weighted by Gasteiger charge is -2.19. The second kappa shape index (κ2) is 6.12. The minimum atomic E-state index is -0.327. The first-order valence-electron chi connectivity index (χ1n) is 6.24. The summed E-state index contributed by atoms with van der Waals surface area (Å²) in [5.41, 5.74) is 2.06. The van der Waals surface area contributed by atoms with E-state index in [9.17, 15) is 4.39 Å². The molecule has 1 N–H and O–H groups in total. The second-order valence-corrected chi connectivity index (χ2v) is 5.44. The quantitative estimate of drug-likeness (QED) is 0.932. The average Bonchev–Trinajstić information content (AvgIpc) is 2.63. The Kier molecular flexibility index (Phi) is 4.68. The number of nitrogens with zero attached hydrogens (tertiary/aromatic N) is 2. The van der Waals surface area contributed by atoms with E-state index in [-0.39, 0.29) is 11.9 Å². The summed E-state index contributed by atoms with van der Waals surface area (Å²) < 4.78 is 15.7. The SMILES string of the molecule is CNC(Cc1c(Cl)c(C)nn1C)c1c(F)cccc1Cl. The second-order valence-electron chi connectivity index (χ2n) is 4.65. The van der Waals surface area contributed by atoms with E-state index >= 15 is 0 Å². The van der Waals surface area contributed by atoms with E-state index in [1.165, 1.54) is 6.07 Å². The summed E-state index contributed by atoms with van der Waals surface area (Å²) in [5, 5.41) is 8.37. The Labute approximate surface area is 127 Å². The van der Waals surface area contributed by atoms with Crippen LogP contribution in [0, 0.1) is 12.7 Å². The molecule has 0 aliphatic heterocycles. The van der Waals surface area contributed by atoms with E-state index in [4.69, 9.17) is 23.2 Å². The number of aromatic nitrogens is 2. The molecular weight excluding hydrogens is 300 g/mol. The maximum absolute atomic E-state index is 14.0. The molecule has 1 unspecified atom stereocenters. The van der Waals surface area contributed by atoms with Gasteiger partial charge in [-0.25, -0.2) is 4.39 Å². The molecule has 0 amide bonds. The molecule has 0 aliphatic carbocycles.